The van der Waals surface area contributed by atoms with E-state index in [1.807, 2.05) is 11.8 Å². The number of hydrazine groups is 1. The van der Waals surface area contributed by atoms with Crippen LogP contribution in [0.4, 0.5) is 17.3 Å². The summed E-state index contributed by atoms with van der Waals surface area (Å²) in [5.41, 5.74) is 2.33. The first-order valence-electron chi connectivity index (χ1n) is 6.63. The summed E-state index contributed by atoms with van der Waals surface area (Å²) < 4.78 is 5.60. The van der Waals surface area contributed by atoms with Gasteiger partial charge in [-0.2, -0.15) is 0 Å². The predicted molar refractivity (Wildman–Crippen MR) is 75.6 cm³/mol. The molecule has 2 rings (SSSR count). The minimum Gasteiger partial charge on any atom is -0.376 e. The molecule has 1 atom stereocenters. The average Bonchev–Trinajstić information content (AvgIpc) is 2.97. The Morgan fingerprint density at radius 3 is 3.00 bits per heavy atom. The van der Waals surface area contributed by atoms with E-state index < -0.39 is 4.92 Å². The summed E-state index contributed by atoms with van der Waals surface area (Å²) in [6.45, 7) is 4.12. The van der Waals surface area contributed by atoms with Gasteiger partial charge in [-0.05, 0) is 19.8 Å². The molecule has 8 nitrogen and oxygen atoms in total. The Morgan fingerprint density at radius 2 is 2.45 bits per heavy atom. The number of likely N-dealkylation sites (N-methyl/N-ethyl adjacent to an activating group) is 1. The lowest BCUT2D eigenvalue weighted by atomic mass is 10.2. The summed E-state index contributed by atoms with van der Waals surface area (Å²) in [5.74, 6) is 6.12. The molecule has 1 fully saturated rings. The number of nitrogen functional groups attached to an aromatic ring is 1. The number of rotatable bonds is 6. The van der Waals surface area contributed by atoms with E-state index in [1.54, 1.807) is 0 Å². The van der Waals surface area contributed by atoms with Gasteiger partial charge in [0, 0.05) is 19.7 Å². The quantitative estimate of drug-likeness (QED) is 0.459. The van der Waals surface area contributed by atoms with Crippen LogP contribution < -0.4 is 16.2 Å². The van der Waals surface area contributed by atoms with Crippen LogP contribution in [0.3, 0.4) is 0 Å². The van der Waals surface area contributed by atoms with Crippen molar-refractivity contribution in [3.8, 4) is 0 Å². The third-order valence-electron chi connectivity index (χ3n) is 3.31. The molecule has 8 heteroatoms. The lowest BCUT2D eigenvalue weighted by Gasteiger charge is -2.25. The summed E-state index contributed by atoms with van der Waals surface area (Å²) in [5, 5.41) is 10.9. The maximum Gasteiger partial charge on any atom is 0.276 e. The molecular formula is C12H19N5O3. The van der Waals surface area contributed by atoms with Gasteiger partial charge in [-0.15, -0.1) is 0 Å². The Morgan fingerprint density at radius 1 is 1.65 bits per heavy atom. The van der Waals surface area contributed by atoms with Crippen LogP contribution in [0, 0.1) is 10.1 Å². The normalized spacial score (nSPS) is 18.0. The Balaban J connectivity index is 2.22. The van der Waals surface area contributed by atoms with E-state index in [-0.39, 0.29) is 17.6 Å². The van der Waals surface area contributed by atoms with Crippen LogP contribution in [-0.2, 0) is 4.74 Å². The molecular weight excluding hydrogens is 262 g/mol. The fourth-order valence-electron chi connectivity index (χ4n) is 2.26. The number of nitrogens with zero attached hydrogens (tertiary/aromatic N) is 3. The second kappa shape index (κ2) is 6.49. The maximum absolute atomic E-state index is 10.9. The summed E-state index contributed by atoms with van der Waals surface area (Å²) in [7, 11) is 0. The summed E-state index contributed by atoms with van der Waals surface area (Å²) in [6, 6.07) is 2.77. The van der Waals surface area contributed by atoms with Crippen LogP contribution >= 0.6 is 0 Å². The highest BCUT2D eigenvalue weighted by Gasteiger charge is 2.21. The van der Waals surface area contributed by atoms with Gasteiger partial charge in [-0.1, -0.05) is 0 Å². The first-order chi connectivity index (χ1) is 9.63. The standard InChI is InChI=1S/C12H19N5O3/c1-2-16(8-10-4-3-5-20-10)12-7-9(17(18)19)6-11(14-12)15-13/h6-7,10H,2-5,8,13H2,1H3,(H,14,15). The Labute approximate surface area is 117 Å². The van der Waals surface area contributed by atoms with Crippen molar-refractivity contribution in [1.82, 2.24) is 4.98 Å². The molecule has 1 aliphatic heterocycles. The molecule has 0 spiro atoms. The van der Waals surface area contributed by atoms with E-state index in [0.29, 0.717) is 18.9 Å². The van der Waals surface area contributed by atoms with E-state index in [4.69, 9.17) is 10.6 Å². The molecule has 1 unspecified atom stereocenters. The molecule has 110 valence electrons. The molecule has 0 aliphatic carbocycles. The monoisotopic (exact) mass is 281 g/mol. The molecule has 2 heterocycles. The number of anilines is 2. The van der Waals surface area contributed by atoms with Gasteiger partial charge in [-0.25, -0.2) is 10.8 Å². The highest BCUT2D eigenvalue weighted by Crippen LogP contribution is 2.24. The topological polar surface area (TPSA) is 107 Å². The van der Waals surface area contributed by atoms with Crippen LogP contribution in [0.25, 0.3) is 0 Å². The molecule has 1 saturated heterocycles. The molecule has 1 aromatic heterocycles. The molecule has 0 amide bonds. The number of nitrogens with one attached hydrogen (secondary N) is 1. The summed E-state index contributed by atoms with van der Waals surface area (Å²) >= 11 is 0. The van der Waals surface area contributed by atoms with Gasteiger partial charge < -0.3 is 15.1 Å². The number of nitrogens with two attached hydrogens (primary N) is 1. The fourth-order valence-corrected chi connectivity index (χ4v) is 2.26. The van der Waals surface area contributed by atoms with E-state index in [0.717, 1.165) is 19.4 Å². The lowest BCUT2D eigenvalue weighted by Crippen LogP contribution is -2.32. The van der Waals surface area contributed by atoms with Crippen molar-refractivity contribution in [2.75, 3.05) is 30.0 Å². The number of hydrogen-bond donors (Lipinski definition) is 2. The molecule has 20 heavy (non-hydrogen) atoms. The van der Waals surface area contributed by atoms with Crippen molar-refractivity contribution in [1.29, 1.82) is 0 Å². The van der Waals surface area contributed by atoms with Gasteiger partial charge in [0.1, 0.15) is 11.6 Å². The first kappa shape index (κ1) is 14.5. The van der Waals surface area contributed by atoms with Gasteiger partial charge in [0.05, 0.1) is 23.2 Å². The van der Waals surface area contributed by atoms with Gasteiger partial charge in [0.25, 0.3) is 5.69 Å². The van der Waals surface area contributed by atoms with Crippen molar-refractivity contribution < 1.29 is 9.66 Å². The van der Waals surface area contributed by atoms with E-state index in [9.17, 15) is 10.1 Å². The van der Waals surface area contributed by atoms with Crippen LogP contribution in [0.1, 0.15) is 19.8 Å². The minimum atomic E-state index is -0.452. The third kappa shape index (κ3) is 3.34. The van der Waals surface area contributed by atoms with Crippen LogP contribution in [0.5, 0.6) is 0 Å². The van der Waals surface area contributed by atoms with Crippen molar-refractivity contribution in [3.63, 3.8) is 0 Å². The van der Waals surface area contributed by atoms with Crippen molar-refractivity contribution in [2.24, 2.45) is 5.84 Å². The lowest BCUT2D eigenvalue weighted by molar-refractivity contribution is -0.384. The zero-order chi connectivity index (χ0) is 14.5. The van der Waals surface area contributed by atoms with E-state index in [1.165, 1.54) is 12.1 Å². The van der Waals surface area contributed by atoms with Crippen molar-refractivity contribution in [2.45, 2.75) is 25.9 Å². The van der Waals surface area contributed by atoms with Crippen LogP contribution in [0.15, 0.2) is 12.1 Å². The molecule has 1 aromatic rings. The average molecular weight is 281 g/mol. The van der Waals surface area contributed by atoms with Crippen molar-refractivity contribution in [3.05, 3.63) is 22.2 Å². The van der Waals surface area contributed by atoms with Crippen molar-refractivity contribution >= 4 is 17.3 Å². The number of nitro groups is 1. The fraction of sp³-hybridized carbons (Fsp3) is 0.583. The van der Waals surface area contributed by atoms with E-state index >= 15 is 0 Å². The van der Waals surface area contributed by atoms with Gasteiger partial charge in [0.2, 0.25) is 0 Å². The number of pyridine rings is 1. The highest BCUT2D eigenvalue weighted by atomic mass is 16.6. The second-order valence-corrected chi connectivity index (χ2v) is 4.64. The molecule has 0 radical (unpaired) electrons. The number of aromatic nitrogens is 1. The Hall–Kier alpha value is -1.93. The SMILES string of the molecule is CCN(CC1CCCO1)c1cc([N+](=O)[O-])cc(NN)n1. The molecule has 0 bridgehead atoms. The van der Waals surface area contributed by atoms with E-state index in [2.05, 4.69) is 10.4 Å². The summed E-state index contributed by atoms with van der Waals surface area (Å²) in [4.78, 5) is 16.7. The first-order valence-corrected chi connectivity index (χ1v) is 6.63. The number of ether oxygens (including phenoxy) is 1. The maximum atomic E-state index is 10.9. The second-order valence-electron chi connectivity index (χ2n) is 4.64. The van der Waals surface area contributed by atoms with Crippen LogP contribution in [0.2, 0.25) is 0 Å². The smallest absolute Gasteiger partial charge is 0.276 e. The predicted octanol–water partition coefficient (Wildman–Crippen LogP) is 1.28. The zero-order valence-electron chi connectivity index (χ0n) is 11.4. The Bertz CT molecular complexity index is 476. The molecule has 0 aromatic carbocycles. The molecule has 0 saturated carbocycles. The Kier molecular flexibility index (Phi) is 4.70. The minimum absolute atomic E-state index is 0.0336. The molecule has 1 aliphatic rings. The highest BCUT2D eigenvalue weighted by molar-refractivity contribution is 5.55. The van der Waals surface area contributed by atoms with Gasteiger partial charge in [-0.3, -0.25) is 10.1 Å². The van der Waals surface area contributed by atoms with Crippen LogP contribution in [-0.4, -0.2) is 35.7 Å². The largest absolute Gasteiger partial charge is 0.376 e. The van der Waals surface area contributed by atoms with Gasteiger partial charge >= 0.3 is 0 Å². The molecule has 3 N–H and O–H groups in total. The third-order valence-corrected chi connectivity index (χ3v) is 3.31. The summed E-state index contributed by atoms with van der Waals surface area (Å²) in [6.07, 6.45) is 2.22. The zero-order valence-corrected chi connectivity index (χ0v) is 11.4. The van der Waals surface area contributed by atoms with Gasteiger partial charge in [0.15, 0.2) is 0 Å². The number of hydrogen-bond acceptors (Lipinski definition) is 7.